The molecule has 1 atom stereocenters. The van der Waals surface area contributed by atoms with Crippen molar-refractivity contribution in [2.45, 2.75) is 5.38 Å². The molecule has 0 spiro atoms. The van der Waals surface area contributed by atoms with Gasteiger partial charge in [-0.05, 0) is 52.4 Å². The summed E-state index contributed by atoms with van der Waals surface area (Å²) in [6.45, 7) is 0. The quantitative estimate of drug-likeness (QED) is 0.418. The van der Waals surface area contributed by atoms with Gasteiger partial charge in [0.05, 0.1) is 19.6 Å². The van der Waals surface area contributed by atoms with E-state index in [0.29, 0.717) is 17.1 Å². The lowest BCUT2D eigenvalue weighted by Gasteiger charge is -2.16. The summed E-state index contributed by atoms with van der Waals surface area (Å²) >= 11 is 12.1. The van der Waals surface area contributed by atoms with Gasteiger partial charge in [-0.2, -0.15) is 0 Å². The Kier molecular flexibility index (Phi) is 5.73. The van der Waals surface area contributed by atoms with E-state index in [0.717, 1.165) is 13.6 Å². The van der Waals surface area contributed by atoms with Gasteiger partial charge in [-0.3, -0.25) is 0 Å². The van der Waals surface area contributed by atoms with Crippen LogP contribution in [-0.2, 0) is 0 Å². The van der Waals surface area contributed by atoms with Gasteiger partial charge >= 0.3 is 0 Å². The predicted octanol–water partition coefficient (Wildman–Crippen LogP) is 5.54. The fourth-order valence-corrected chi connectivity index (χ4v) is 3.50. The molecule has 112 valence electrons. The molecule has 0 N–H and O–H groups in total. The number of rotatable bonds is 4. The number of hydrogen-bond acceptors (Lipinski definition) is 2. The predicted molar refractivity (Wildman–Crippen MR) is 94.1 cm³/mol. The van der Waals surface area contributed by atoms with Crippen molar-refractivity contribution in [2.24, 2.45) is 0 Å². The Morgan fingerprint density at radius 2 is 1.71 bits per heavy atom. The maximum absolute atomic E-state index is 14.3. The summed E-state index contributed by atoms with van der Waals surface area (Å²) < 4.78 is 26.4. The van der Waals surface area contributed by atoms with Crippen LogP contribution < -0.4 is 9.47 Å². The number of methoxy groups -OCH3 is 2. The Hall–Kier alpha value is -0.530. The number of ether oxygens (including phenoxy) is 2. The SMILES string of the molecule is COc1cc(F)c(C(Cl)c2cc(Br)ccc2I)cc1OC. The zero-order valence-corrected chi connectivity index (χ0v) is 15.8. The Morgan fingerprint density at radius 3 is 2.33 bits per heavy atom. The second-order valence-electron chi connectivity index (χ2n) is 4.26. The lowest BCUT2D eigenvalue weighted by Crippen LogP contribution is -2.02. The first kappa shape index (κ1) is 16.8. The van der Waals surface area contributed by atoms with Crippen molar-refractivity contribution in [1.29, 1.82) is 0 Å². The molecule has 2 rings (SSSR count). The molecule has 0 aliphatic rings. The van der Waals surface area contributed by atoms with E-state index in [1.807, 2.05) is 18.2 Å². The largest absolute Gasteiger partial charge is 0.493 e. The molecule has 0 heterocycles. The van der Waals surface area contributed by atoms with Crippen LogP contribution >= 0.6 is 50.1 Å². The monoisotopic (exact) mass is 484 g/mol. The molecule has 0 radical (unpaired) electrons. The van der Waals surface area contributed by atoms with Gasteiger partial charge in [0.1, 0.15) is 5.82 Å². The van der Waals surface area contributed by atoms with Crippen molar-refractivity contribution in [3.05, 3.63) is 55.3 Å². The van der Waals surface area contributed by atoms with Gasteiger partial charge in [-0.25, -0.2) is 4.39 Å². The first-order valence-electron chi connectivity index (χ1n) is 5.98. The van der Waals surface area contributed by atoms with Gasteiger partial charge in [0.2, 0.25) is 0 Å². The van der Waals surface area contributed by atoms with E-state index in [4.69, 9.17) is 21.1 Å². The Labute approximate surface area is 149 Å². The van der Waals surface area contributed by atoms with E-state index < -0.39 is 11.2 Å². The molecule has 0 saturated heterocycles. The number of halogens is 4. The minimum Gasteiger partial charge on any atom is -0.493 e. The van der Waals surface area contributed by atoms with Crippen LogP contribution in [-0.4, -0.2) is 14.2 Å². The standard InChI is InChI=1S/C15H12BrClFIO2/c1-20-13-6-9(11(18)7-14(13)21-2)15(17)10-5-8(16)3-4-12(10)19/h3-7,15H,1-2H3. The summed E-state index contributed by atoms with van der Waals surface area (Å²) in [4.78, 5) is 0. The molecule has 0 saturated carbocycles. The second-order valence-corrected chi connectivity index (χ2v) is 6.77. The molecule has 2 aromatic rings. The van der Waals surface area contributed by atoms with Gasteiger partial charge < -0.3 is 9.47 Å². The molecule has 0 aliphatic carbocycles. The molecule has 0 fully saturated rings. The van der Waals surface area contributed by atoms with E-state index in [1.54, 1.807) is 6.07 Å². The second kappa shape index (κ2) is 7.15. The molecule has 1 unspecified atom stereocenters. The number of benzene rings is 2. The van der Waals surface area contributed by atoms with Gasteiger partial charge in [-0.15, -0.1) is 11.6 Å². The van der Waals surface area contributed by atoms with Crippen LogP contribution in [0.5, 0.6) is 11.5 Å². The van der Waals surface area contributed by atoms with Crippen LogP contribution in [0.2, 0.25) is 0 Å². The molecule has 0 aromatic heterocycles. The van der Waals surface area contributed by atoms with Crippen molar-refractivity contribution in [2.75, 3.05) is 14.2 Å². The molecule has 0 bridgehead atoms. The lowest BCUT2D eigenvalue weighted by molar-refractivity contribution is 0.351. The summed E-state index contributed by atoms with van der Waals surface area (Å²) in [5.41, 5.74) is 1.18. The van der Waals surface area contributed by atoms with Gasteiger partial charge in [0.25, 0.3) is 0 Å². The Balaban J connectivity index is 2.52. The molecular formula is C15H12BrClFIO2. The minimum absolute atomic E-state index is 0.339. The lowest BCUT2D eigenvalue weighted by atomic mass is 10.0. The minimum atomic E-state index is -0.616. The van der Waals surface area contributed by atoms with Gasteiger partial charge in [0, 0.05) is 19.7 Å². The highest BCUT2D eigenvalue weighted by atomic mass is 127. The van der Waals surface area contributed by atoms with Crippen LogP contribution in [0.15, 0.2) is 34.8 Å². The van der Waals surface area contributed by atoms with Crippen molar-refractivity contribution in [3.8, 4) is 11.5 Å². The van der Waals surface area contributed by atoms with Crippen LogP contribution in [0.3, 0.4) is 0 Å². The highest BCUT2D eigenvalue weighted by molar-refractivity contribution is 14.1. The summed E-state index contributed by atoms with van der Waals surface area (Å²) in [6.07, 6.45) is 0. The maximum Gasteiger partial charge on any atom is 0.163 e. The zero-order valence-electron chi connectivity index (χ0n) is 11.3. The van der Waals surface area contributed by atoms with E-state index in [2.05, 4.69) is 38.5 Å². The Morgan fingerprint density at radius 1 is 1.10 bits per heavy atom. The van der Waals surface area contributed by atoms with Crippen LogP contribution in [0, 0.1) is 9.39 Å². The topological polar surface area (TPSA) is 18.5 Å². The van der Waals surface area contributed by atoms with Crippen LogP contribution in [0.4, 0.5) is 4.39 Å². The van der Waals surface area contributed by atoms with Crippen molar-refractivity contribution in [1.82, 2.24) is 0 Å². The zero-order chi connectivity index (χ0) is 15.6. The number of hydrogen-bond donors (Lipinski definition) is 0. The van der Waals surface area contributed by atoms with E-state index in [9.17, 15) is 4.39 Å². The summed E-state index contributed by atoms with van der Waals surface area (Å²) in [5.74, 6) is 0.361. The highest BCUT2D eigenvalue weighted by Gasteiger charge is 2.21. The molecule has 6 heteroatoms. The normalized spacial score (nSPS) is 12.1. The van der Waals surface area contributed by atoms with E-state index >= 15 is 0 Å². The van der Waals surface area contributed by atoms with Crippen LogP contribution in [0.25, 0.3) is 0 Å². The molecule has 0 amide bonds. The van der Waals surface area contributed by atoms with Gasteiger partial charge in [-0.1, -0.05) is 15.9 Å². The average molecular weight is 486 g/mol. The van der Waals surface area contributed by atoms with Crippen molar-refractivity contribution < 1.29 is 13.9 Å². The third-order valence-electron chi connectivity index (χ3n) is 3.01. The van der Waals surface area contributed by atoms with Gasteiger partial charge in [0.15, 0.2) is 11.5 Å². The third kappa shape index (κ3) is 3.63. The first-order valence-corrected chi connectivity index (χ1v) is 8.29. The molecular weight excluding hydrogens is 473 g/mol. The van der Waals surface area contributed by atoms with Crippen molar-refractivity contribution >= 4 is 50.1 Å². The first-order chi connectivity index (χ1) is 9.97. The van der Waals surface area contributed by atoms with Crippen molar-refractivity contribution in [3.63, 3.8) is 0 Å². The molecule has 21 heavy (non-hydrogen) atoms. The van der Waals surface area contributed by atoms with E-state index in [1.165, 1.54) is 20.3 Å². The number of alkyl halides is 1. The van der Waals surface area contributed by atoms with Crippen LogP contribution in [0.1, 0.15) is 16.5 Å². The summed E-state index contributed by atoms with van der Waals surface area (Å²) in [5, 5.41) is -0.616. The average Bonchev–Trinajstić information content (AvgIpc) is 2.48. The highest BCUT2D eigenvalue weighted by Crippen LogP contribution is 2.39. The maximum atomic E-state index is 14.3. The smallest absolute Gasteiger partial charge is 0.163 e. The summed E-state index contributed by atoms with van der Waals surface area (Å²) in [7, 11) is 2.97. The summed E-state index contributed by atoms with van der Waals surface area (Å²) in [6, 6.07) is 8.58. The fourth-order valence-electron chi connectivity index (χ4n) is 1.94. The van der Waals surface area contributed by atoms with E-state index in [-0.39, 0.29) is 0 Å². The molecule has 2 aromatic carbocycles. The Bertz CT molecular complexity index is 666. The molecule has 0 aliphatic heterocycles. The fraction of sp³-hybridized carbons (Fsp3) is 0.200. The molecule has 2 nitrogen and oxygen atoms in total. The third-order valence-corrected chi connectivity index (χ3v) is 4.95.